The molecule has 1 unspecified atom stereocenters. The first kappa shape index (κ1) is 18.5. The lowest BCUT2D eigenvalue weighted by atomic mass is 10.0. The summed E-state index contributed by atoms with van der Waals surface area (Å²) in [6.45, 7) is 3.48. The lowest BCUT2D eigenvalue weighted by Gasteiger charge is -2.38. The largest absolute Gasteiger partial charge is 0.458 e. The molecular formula is C19H17F5N4O. The monoisotopic (exact) mass is 412 g/mol. The van der Waals surface area contributed by atoms with E-state index in [4.69, 9.17) is 4.42 Å². The maximum absolute atomic E-state index is 13.8. The smallest absolute Gasteiger partial charge is 0.443 e. The molecule has 5 rings (SSSR count). The minimum absolute atomic E-state index is 0.0853. The summed E-state index contributed by atoms with van der Waals surface area (Å²) in [7, 11) is 0. The molecule has 0 radical (unpaired) electrons. The Morgan fingerprint density at radius 1 is 1.07 bits per heavy atom. The summed E-state index contributed by atoms with van der Waals surface area (Å²) in [5.74, 6) is -4.39. The van der Waals surface area contributed by atoms with Crippen molar-refractivity contribution in [2.75, 3.05) is 31.1 Å². The molecule has 2 saturated heterocycles. The number of fused-ring (bicyclic) bond motifs is 4. The van der Waals surface area contributed by atoms with Gasteiger partial charge in [-0.2, -0.15) is 22.0 Å². The highest BCUT2D eigenvalue weighted by Gasteiger charge is 2.58. The van der Waals surface area contributed by atoms with Crippen LogP contribution >= 0.6 is 0 Å². The zero-order chi connectivity index (χ0) is 20.4. The third-order valence-corrected chi connectivity index (χ3v) is 5.85. The summed E-state index contributed by atoms with van der Waals surface area (Å²) in [6.07, 6.45) is -2.27. The molecule has 2 aromatic heterocycles. The summed E-state index contributed by atoms with van der Waals surface area (Å²) in [6, 6.07) is 3.17. The van der Waals surface area contributed by atoms with Gasteiger partial charge < -0.3 is 9.32 Å². The molecule has 4 heterocycles. The third kappa shape index (κ3) is 2.84. The Morgan fingerprint density at radius 2 is 1.90 bits per heavy atom. The first-order valence-electron chi connectivity index (χ1n) is 9.37. The van der Waals surface area contributed by atoms with Gasteiger partial charge in [-0.1, -0.05) is 6.07 Å². The highest BCUT2D eigenvalue weighted by molar-refractivity contribution is 6.05. The van der Waals surface area contributed by atoms with E-state index in [1.165, 1.54) is 6.07 Å². The maximum Gasteiger partial charge on any atom is 0.458 e. The van der Waals surface area contributed by atoms with Gasteiger partial charge in [0.1, 0.15) is 0 Å². The standard InChI is InChI=1S/C19H17F5N4O/c20-18(21,19(22,23)24)11-3-4-14-13(8-11)16-15(25-10-29-16)17(26-14)28-7-6-27-5-1-2-12(27)9-28/h3-4,8,10,12H,1-2,5-7,9H2. The summed E-state index contributed by atoms with van der Waals surface area (Å²) in [5.41, 5.74) is -0.320. The molecule has 1 atom stereocenters. The molecular weight excluding hydrogens is 395 g/mol. The molecule has 3 aromatic rings. The summed E-state index contributed by atoms with van der Waals surface area (Å²) in [5, 5.41) is 0.0853. The number of rotatable bonds is 2. The van der Waals surface area contributed by atoms with Crippen molar-refractivity contribution in [1.29, 1.82) is 0 Å². The Labute approximate surface area is 162 Å². The number of hydrogen-bond donors (Lipinski definition) is 0. The molecule has 2 fully saturated rings. The molecule has 0 spiro atoms. The van der Waals surface area contributed by atoms with Crippen LogP contribution in [0.4, 0.5) is 27.8 Å². The van der Waals surface area contributed by atoms with Crippen molar-refractivity contribution in [2.24, 2.45) is 0 Å². The van der Waals surface area contributed by atoms with Crippen LogP contribution in [0.2, 0.25) is 0 Å². The zero-order valence-electron chi connectivity index (χ0n) is 15.2. The molecule has 1 aromatic carbocycles. The van der Waals surface area contributed by atoms with Crippen molar-refractivity contribution in [1.82, 2.24) is 14.9 Å². The van der Waals surface area contributed by atoms with Crippen molar-refractivity contribution in [3.05, 3.63) is 30.2 Å². The SMILES string of the molecule is FC(F)(F)C(F)(F)c1ccc2nc(N3CCN4CCCC4C3)c3ncoc3c2c1. The topological polar surface area (TPSA) is 45.4 Å². The second-order valence-electron chi connectivity index (χ2n) is 7.55. The highest BCUT2D eigenvalue weighted by Crippen LogP contribution is 2.45. The molecule has 5 nitrogen and oxygen atoms in total. The molecule has 0 N–H and O–H groups in total. The van der Waals surface area contributed by atoms with E-state index in [-0.39, 0.29) is 11.0 Å². The Bertz CT molecular complexity index is 1080. The van der Waals surface area contributed by atoms with Crippen molar-refractivity contribution >= 4 is 27.8 Å². The fourth-order valence-electron chi connectivity index (χ4n) is 4.34. The van der Waals surface area contributed by atoms with E-state index in [0.717, 1.165) is 57.5 Å². The van der Waals surface area contributed by atoms with E-state index in [0.29, 0.717) is 22.9 Å². The summed E-state index contributed by atoms with van der Waals surface area (Å²) >= 11 is 0. The van der Waals surface area contributed by atoms with Crippen LogP contribution < -0.4 is 4.90 Å². The minimum atomic E-state index is -5.68. The van der Waals surface area contributed by atoms with Gasteiger partial charge in [0.15, 0.2) is 23.3 Å². The van der Waals surface area contributed by atoms with Gasteiger partial charge >= 0.3 is 12.1 Å². The van der Waals surface area contributed by atoms with Crippen LogP contribution in [0, 0.1) is 0 Å². The fraction of sp³-hybridized carbons (Fsp3) is 0.474. The van der Waals surface area contributed by atoms with Crippen molar-refractivity contribution in [2.45, 2.75) is 31.0 Å². The zero-order valence-corrected chi connectivity index (χ0v) is 15.2. The first-order chi connectivity index (χ1) is 13.8. The van der Waals surface area contributed by atoms with Gasteiger partial charge in [-0.15, -0.1) is 0 Å². The van der Waals surface area contributed by atoms with E-state index in [1.54, 1.807) is 0 Å². The predicted molar refractivity (Wildman–Crippen MR) is 96.1 cm³/mol. The van der Waals surface area contributed by atoms with Gasteiger partial charge in [-0.25, -0.2) is 9.97 Å². The van der Waals surface area contributed by atoms with Gasteiger partial charge in [0.05, 0.1) is 5.52 Å². The van der Waals surface area contributed by atoms with E-state index < -0.39 is 17.7 Å². The number of piperazine rings is 1. The molecule has 2 aliphatic rings. The number of alkyl halides is 5. The molecule has 0 aliphatic carbocycles. The van der Waals surface area contributed by atoms with E-state index in [1.807, 2.05) is 0 Å². The van der Waals surface area contributed by atoms with Crippen LogP contribution in [-0.2, 0) is 5.92 Å². The lowest BCUT2D eigenvalue weighted by Crippen LogP contribution is -2.50. The fourth-order valence-corrected chi connectivity index (χ4v) is 4.34. The van der Waals surface area contributed by atoms with Crippen molar-refractivity contribution in [3.63, 3.8) is 0 Å². The average molecular weight is 412 g/mol. The summed E-state index contributed by atoms with van der Waals surface area (Å²) in [4.78, 5) is 13.3. The van der Waals surface area contributed by atoms with Crippen LogP contribution in [0.3, 0.4) is 0 Å². The maximum atomic E-state index is 13.8. The van der Waals surface area contributed by atoms with Gasteiger partial charge in [0.25, 0.3) is 0 Å². The van der Waals surface area contributed by atoms with Gasteiger partial charge in [-0.3, -0.25) is 4.90 Å². The molecule has 2 aliphatic heterocycles. The first-order valence-corrected chi connectivity index (χ1v) is 9.37. The second kappa shape index (κ2) is 6.25. The van der Waals surface area contributed by atoms with E-state index in [9.17, 15) is 22.0 Å². The number of halogens is 5. The lowest BCUT2D eigenvalue weighted by molar-refractivity contribution is -0.289. The average Bonchev–Trinajstić information content (AvgIpc) is 3.34. The normalized spacial score (nSPS) is 21.3. The Balaban J connectivity index is 1.61. The number of anilines is 1. The predicted octanol–water partition coefficient (Wildman–Crippen LogP) is 4.31. The number of pyridine rings is 1. The molecule has 0 amide bonds. The third-order valence-electron chi connectivity index (χ3n) is 5.85. The Hall–Kier alpha value is -2.49. The molecule has 0 bridgehead atoms. The van der Waals surface area contributed by atoms with E-state index >= 15 is 0 Å². The molecule has 0 saturated carbocycles. The number of nitrogens with zero attached hydrogens (tertiary/aromatic N) is 4. The van der Waals surface area contributed by atoms with E-state index in [2.05, 4.69) is 19.8 Å². The van der Waals surface area contributed by atoms with Gasteiger partial charge in [0, 0.05) is 36.6 Å². The Kier molecular flexibility index (Phi) is 4.00. The molecule has 29 heavy (non-hydrogen) atoms. The Morgan fingerprint density at radius 3 is 2.69 bits per heavy atom. The van der Waals surface area contributed by atoms with Crippen molar-refractivity contribution in [3.8, 4) is 0 Å². The highest BCUT2D eigenvalue weighted by atomic mass is 19.4. The number of aromatic nitrogens is 2. The van der Waals surface area contributed by atoms with Gasteiger partial charge in [-0.05, 0) is 31.5 Å². The number of oxazole rings is 1. The minimum Gasteiger partial charge on any atom is -0.443 e. The molecule has 10 heteroatoms. The van der Waals surface area contributed by atoms with Crippen LogP contribution in [0.25, 0.3) is 22.0 Å². The summed E-state index contributed by atoms with van der Waals surface area (Å²) < 4.78 is 71.3. The van der Waals surface area contributed by atoms with Crippen LogP contribution in [0.15, 0.2) is 29.0 Å². The number of benzene rings is 1. The number of hydrogen-bond acceptors (Lipinski definition) is 5. The molecule has 154 valence electrons. The van der Waals surface area contributed by atoms with Crippen LogP contribution in [-0.4, -0.2) is 53.3 Å². The van der Waals surface area contributed by atoms with Gasteiger partial charge in [0.2, 0.25) is 0 Å². The van der Waals surface area contributed by atoms with Crippen LogP contribution in [0.5, 0.6) is 0 Å². The second-order valence-corrected chi connectivity index (χ2v) is 7.55. The van der Waals surface area contributed by atoms with Crippen molar-refractivity contribution < 1.29 is 26.4 Å². The quantitative estimate of drug-likeness (QED) is 0.587. The van der Waals surface area contributed by atoms with Crippen LogP contribution in [0.1, 0.15) is 18.4 Å².